The van der Waals surface area contributed by atoms with Gasteiger partial charge in [0.05, 0.1) is 26.3 Å². The zero-order valence-corrected chi connectivity index (χ0v) is 13.7. The van der Waals surface area contributed by atoms with E-state index in [1.165, 1.54) is 5.69 Å². The summed E-state index contributed by atoms with van der Waals surface area (Å²) in [7, 11) is 3.28. The Morgan fingerprint density at radius 3 is 2.43 bits per heavy atom. The lowest BCUT2D eigenvalue weighted by molar-refractivity contribution is 0.189. The number of piperazine rings is 1. The van der Waals surface area contributed by atoms with Crippen LogP contribution >= 0.6 is 0 Å². The van der Waals surface area contributed by atoms with Crippen molar-refractivity contribution in [1.29, 1.82) is 0 Å². The first kappa shape index (κ1) is 15.8. The third-order valence-corrected chi connectivity index (χ3v) is 4.35. The molecule has 0 radical (unpaired) electrons. The molecular weight excluding hydrogens is 294 g/mol. The highest BCUT2D eigenvalue weighted by atomic mass is 16.5. The Hall–Kier alpha value is -2.05. The fourth-order valence-corrected chi connectivity index (χ4v) is 3.09. The van der Waals surface area contributed by atoms with Crippen LogP contribution in [-0.2, 0) is 0 Å². The van der Waals surface area contributed by atoms with Gasteiger partial charge in [-0.3, -0.25) is 9.88 Å². The van der Waals surface area contributed by atoms with Gasteiger partial charge < -0.3 is 19.5 Å². The molecule has 0 unspecified atom stereocenters. The van der Waals surface area contributed by atoms with E-state index in [1.54, 1.807) is 14.2 Å². The molecule has 1 aromatic carbocycles. The van der Waals surface area contributed by atoms with Gasteiger partial charge in [-0.15, -0.1) is 0 Å². The Labute approximate surface area is 136 Å². The van der Waals surface area contributed by atoms with E-state index in [-0.39, 0.29) is 6.61 Å². The first-order valence-corrected chi connectivity index (χ1v) is 7.85. The van der Waals surface area contributed by atoms with Crippen molar-refractivity contribution < 1.29 is 14.6 Å². The van der Waals surface area contributed by atoms with Crippen LogP contribution < -0.4 is 14.4 Å². The molecule has 1 aromatic heterocycles. The molecule has 1 fully saturated rings. The van der Waals surface area contributed by atoms with Gasteiger partial charge in [-0.05, 0) is 12.1 Å². The number of aromatic nitrogens is 1. The second-order valence-electron chi connectivity index (χ2n) is 5.61. The van der Waals surface area contributed by atoms with Gasteiger partial charge in [0.15, 0.2) is 11.5 Å². The summed E-state index contributed by atoms with van der Waals surface area (Å²) in [6.45, 7) is 4.75. The first-order chi connectivity index (χ1) is 11.3. The minimum Gasteiger partial charge on any atom is -0.493 e. The molecule has 0 saturated carbocycles. The largest absolute Gasteiger partial charge is 0.493 e. The highest BCUT2D eigenvalue weighted by Gasteiger charge is 2.19. The minimum absolute atomic E-state index is 0.217. The number of aliphatic hydroxyl groups is 1. The Morgan fingerprint density at radius 2 is 1.78 bits per heavy atom. The van der Waals surface area contributed by atoms with Crippen molar-refractivity contribution in [2.45, 2.75) is 0 Å². The lowest BCUT2D eigenvalue weighted by Crippen LogP contribution is -2.47. The van der Waals surface area contributed by atoms with Crippen LogP contribution in [0.25, 0.3) is 10.9 Å². The van der Waals surface area contributed by atoms with E-state index in [0.717, 1.165) is 43.6 Å². The van der Waals surface area contributed by atoms with E-state index in [9.17, 15) is 0 Å². The molecular formula is C17H23N3O3. The number of anilines is 1. The third kappa shape index (κ3) is 3.18. The third-order valence-electron chi connectivity index (χ3n) is 4.35. The summed E-state index contributed by atoms with van der Waals surface area (Å²) >= 11 is 0. The summed E-state index contributed by atoms with van der Waals surface area (Å²) in [5.74, 6) is 1.41. The number of β-amino-alcohol motifs (C(OH)–C–C–N with tert-alkyl or cyclic N) is 1. The monoisotopic (exact) mass is 317 g/mol. The van der Waals surface area contributed by atoms with Crippen molar-refractivity contribution in [3.05, 3.63) is 24.4 Å². The highest BCUT2D eigenvalue weighted by molar-refractivity contribution is 5.94. The molecule has 0 atom stereocenters. The standard InChI is InChI=1S/C17H23N3O3/c1-22-16-11-13-14(12-17(16)23-2)18-4-3-15(13)20-7-5-19(6-8-20)9-10-21/h3-4,11-12,21H,5-10H2,1-2H3. The number of methoxy groups -OCH3 is 2. The second-order valence-corrected chi connectivity index (χ2v) is 5.61. The van der Waals surface area contributed by atoms with Crippen molar-refractivity contribution in [3.63, 3.8) is 0 Å². The maximum absolute atomic E-state index is 9.06. The molecule has 3 rings (SSSR count). The van der Waals surface area contributed by atoms with Crippen molar-refractivity contribution in [2.75, 3.05) is 58.5 Å². The molecule has 6 heteroatoms. The quantitative estimate of drug-likeness (QED) is 0.899. The molecule has 1 N–H and O–H groups in total. The number of hydrogen-bond acceptors (Lipinski definition) is 6. The van der Waals surface area contributed by atoms with Crippen LogP contribution in [0.15, 0.2) is 24.4 Å². The maximum atomic E-state index is 9.06. The minimum atomic E-state index is 0.217. The lowest BCUT2D eigenvalue weighted by Gasteiger charge is -2.36. The van der Waals surface area contributed by atoms with E-state index >= 15 is 0 Å². The first-order valence-electron chi connectivity index (χ1n) is 7.85. The van der Waals surface area contributed by atoms with Crippen LogP contribution in [0.4, 0.5) is 5.69 Å². The zero-order chi connectivity index (χ0) is 16.2. The van der Waals surface area contributed by atoms with Crippen LogP contribution in [0.3, 0.4) is 0 Å². The molecule has 2 heterocycles. The van der Waals surface area contributed by atoms with E-state index in [1.807, 2.05) is 18.3 Å². The van der Waals surface area contributed by atoms with Gasteiger partial charge in [-0.25, -0.2) is 0 Å². The normalized spacial score (nSPS) is 15.9. The number of rotatable bonds is 5. The summed E-state index contributed by atoms with van der Waals surface area (Å²) in [4.78, 5) is 9.11. The van der Waals surface area contributed by atoms with Gasteiger partial charge >= 0.3 is 0 Å². The molecule has 23 heavy (non-hydrogen) atoms. The van der Waals surface area contributed by atoms with Crippen LogP contribution in [-0.4, -0.2) is 68.5 Å². The van der Waals surface area contributed by atoms with Crippen LogP contribution in [0, 0.1) is 0 Å². The molecule has 1 aliphatic heterocycles. The number of benzene rings is 1. The summed E-state index contributed by atoms with van der Waals surface area (Å²) in [6, 6.07) is 5.96. The maximum Gasteiger partial charge on any atom is 0.162 e. The average Bonchev–Trinajstić information content (AvgIpc) is 2.61. The van der Waals surface area contributed by atoms with Gasteiger partial charge in [0.1, 0.15) is 0 Å². The second kappa shape index (κ2) is 7.02. The van der Waals surface area contributed by atoms with E-state index in [2.05, 4.69) is 20.9 Å². The van der Waals surface area contributed by atoms with Gasteiger partial charge in [0.25, 0.3) is 0 Å². The molecule has 0 amide bonds. The number of ether oxygens (including phenoxy) is 2. The van der Waals surface area contributed by atoms with Gasteiger partial charge in [-0.1, -0.05) is 0 Å². The number of pyridine rings is 1. The molecule has 0 bridgehead atoms. The number of hydrogen-bond donors (Lipinski definition) is 1. The van der Waals surface area contributed by atoms with Crippen LogP contribution in [0.2, 0.25) is 0 Å². The summed E-state index contributed by atoms with van der Waals surface area (Å²) in [5, 5.41) is 10.1. The number of fused-ring (bicyclic) bond motifs is 1. The van der Waals surface area contributed by atoms with E-state index < -0.39 is 0 Å². The molecule has 6 nitrogen and oxygen atoms in total. The SMILES string of the molecule is COc1cc2nccc(N3CCN(CCO)CC3)c2cc1OC. The smallest absolute Gasteiger partial charge is 0.162 e. The Bertz CT molecular complexity index is 669. The summed E-state index contributed by atoms with van der Waals surface area (Å²) in [5.41, 5.74) is 2.07. The molecule has 2 aromatic rings. The summed E-state index contributed by atoms with van der Waals surface area (Å²) < 4.78 is 10.8. The van der Waals surface area contributed by atoms with Gasteiger partial charge in [0, 0.05) is 56.1 Å². The van der Waals surface area contributed by atoms with Crippen molar-refractivity contribution in [2.24, 2.45) is 0 Å². The average molecular weight is 317 g/mol. The topological polar surface area (TPSA) is 58.1 Å². The molecule has 1 saturated heterocycles. The van der Waals surface area contributed by atoms with Crippen molar-refractivity contribution in [1.82, 2.24) is 9.88 Å². The molecule has 1 aliphatic rings. The van der Waals surface area contributed by atoms with Crippen LogP contribution in [0.5, 0.6) is 11.5 Å². The Kier molecular flexibility index (Phi) is 4.83. The molecule has 0 aliphatic carbocycles. The fourth-order valence-electron chi connectivity index (χ4n) is 3.09. The molecule has 124 valence electrons. The van der Waals surface area contributed by atoms with Crippen LogP contribution in [0.1, 0.15) is 0 Å². The van der Waals surface area contributed by atoms with E-state index in [0.29, 0.717) is 11.5 Å². The number of nitrogens with zero attached hydrogens (tertiary/aromatic N) is 3. The fraction of sp³-hybridized carbons (Fsp3) is 0.471. The van der Waals surface area contributed by atoms with E-state index in [4.69, 9.17) is 14.6 Å². The van der Waals surface area contributed by atoms with Gasteiger partial charge in [-0.2, -0.15) is 0 Å². The lowest BCUT2D eigenvalue weighted by atomic mass is 10.1. The number of aliphatic hydroxyl groups excluding tert-OH is 1. The molecule has 0 spiro atoms. The van der Waals surface area contributed by atoms with Crippen molar-refractivity contribution >= 4 is 16.6 Å². The van der Waals surface area contributed by atoms with Gasteiger partial charge in [0.2, 0.25) is 0 Å². The Balaban J connectivity index is 1.92. The predicted molar refractivity (Wildman–Crippen MR) is 90.6 cm³/mol. The zero-order valence-electron chi connectivity index (χ0n) is 13.7. The Morgan fingerprint density at radius 1 is 1.09 bits per heavy atom. The van der Waals surface area contributed by atoms with Crippen molar-refractivity contribution in [3.8, 4) is 11.5 Å². The summed E-state index contributed by atoms with van der Waals surface area (Å²) in [6.07, 6.45) is 1.84. The predicted octanol–water partition coefficient (Wildman–Crippen LogP) is 1.37. The highest BCUT2D eigenvalue weighted by Crippen LogP contribution is 2.35.